The highest BCUT2D eigenvalue weighted by molar-refractivity contribution is 5.40. The summed E-state index contributed by atoms with van der Waals surface area (Å²) in [6.45, 7) is 4.52. The Labute approximate surface area is 109 Å². The number of nitrogens with zero attached hydrogens (tertiary/aromatic N) is 2. The zero-order chi connectivity index (χ0) is 13.0. The molecule has 0 amide bonds. The van der Waals surface area contributed by atoms with Gasteiger partial charge < -0.3 is 14.7 Å². The first-order valence-electron chi connectivity index (χ1n) is 6.59. The van der Waals surface area contributed by atoms with Crippen molar-refractivity contribution in [3.8, 4) is 0 Å². The summed E-state index contributed by atoms with van der Waals surface area (Å²) in [6.07, 6.45) is 3.57. The molecule has 0 aliphatic carbocycles. The molecule has 2 heterocycles. The molecule has 1 aliphatic heterocycles. The van der Waals surface area contributed by atoms with Crippen LogP contribution in [-0.2, 0) is 4.74 Å². The van der Waals surface area contributed by atoms with Crippen LogP contribution in [0.2, 0.25) is 0 Å². The molecular weight excluding hydrogens is 228 g/mol. The molecule has 0 radical (unpaired) electrons. The van der Waals surface area contributed by atoms with Gasteiger partial charge >= 0.3 is 0 Å². The van der Waals surface area contributed by atoms with Gasteiger partial charge in [-0.1, -0.05) is 0 Å². The summed E-state index contributed by atoms with van der Waals surface area (Å²) in [4.78, 5) is 6.54. The van der Waals surface area contributed by atoms with E-state index in [4.69, 9.17) is 4.74 Å². The number of hydrogen-bond donors (Lipinski definition) is 1. The van der Waals surface area contributed by atoms with E-state index in [-0.39, 0.29) is 0 Å². The molecule has 1 saturated heterocycles. The quantitative estimate of drug-likeness (QED) is 0.887. The highest BCUT2D eigenvalue weighted by Crippen LogP contribution is 2.21. The molecule has 1 aromatic heterocycles. The summed E-state index contributed by atoms with van der Waals surface area (Å²) in [7, 11) is 2.06. The van der Waals surface area contributed by atoms with E-state index in [0.29, 0.717) is 5.92 Å². The maximum Gasteiger partial charge on any atom is 0.128 e. The average molecular weight is 250 g/mol. The second-order valence-electron chi connectivity index (χ2n) is 5.06. The van der Waals surface area contributed by atoms with E-state index in [1.165, 1.54) is 0 Å². The molecule has 18 heavy (non-hydrogen) atoms. The number of rotatable bonds is 4. The first-order chi connectivity index (χ1) is 8.66. The Morgan fingerprint density at radius 1 is 1.50 bits per heavy atom. The van der Waals surface area contributed by atoms with Crippen LogP contribution in [0.25, 0.3) is 0 Å². The SMILES string of the molecule is C[C@@H](O)c1ccnc(N(C)CC2CCOCC2)c1. The normalized spacial score (nSPS) is 18.6. The number of anilines is 1. The third-order valence-corrected chi connectivity index (χ3v) is 3.52. The van der Waals surface area contributed by atoms with Crippen molar-refractivity contribution in [2.75, 3.05) is 31.7 Å². The lowest BCUT2D eigenvalue weighted by atomic mass is 10.00. The molecule has 4 nitrogen and oxygen atoms in total. The molecule has 1 atom stereocenters. The lowest BCUT2D eigenvalue weighted by Crippen LogP contribution is -2.30. The fourth-order valence-corrected chi connectivity index (χ4v) is 2.31. The summed E-state index contributed by atoms with van der Waals surface area (Å²) in [5, 5.41) is 9.59. The first-order valence-corrected chi connectivity index (χ1v) is 6.59. The van der Waals surface area contributed by atoms with Gasteiger partial charge in [-0.15, -0.1) is 0 Å². The molecule has 0 saturated carbocycles. The molecule has 2 rings (SSSR count). The standard InChI is InChI=1S/C14H22N2O2/c1-11(17)13-3-6-15-14(9-13)16(2)10-12-4-7-18-8-5-12/h3,6,9,11-12,17H,4-5,7-8,10H2,1-2H3/t11-/m1/s1. The lowest BCUT2D eigenvalue weighted by molar-refractivity contribution is 0.0685. The van der Waals surface area contributed by atoms with Gasteiger partial charge in [0.25, 0.3) is 0 Å². The molecule has 1 fully saturated rings. The Balaban J connectivity index is 1.99. The second kappa shape index (κ2) is 6.16. The predicted molar refractivity (Wildman–Crippen MR) is 71.7 cm³/mol. The van der Waals surface area contributed by atoms with Gasteiger partial charge in [-0.3, -0.25) is 0 Å². The monoisotopic (exact) mass is 250 g/mol. The smallest absolute Gasteiger partial charge is 0.128 e. The summed E-state index contributed by atoms with van der Waals surface area (Å²) < 4.78 is 5.37. The van der Waals surface area contributed by atoms with E-state index in [1.807, 2.05) is 12.1 Å². The molecule has 1 aromatic rings. The van der Waals surface area contributed by atoms with Gasteiger partial charge in [-0.25, -0.2) is 4.98 Å². The number of aromatic nitrogens is 1. The molecular formula is C14H22N2O2. The Hall–Kier alpha value is -1.13. The van der Waals surface area contributed by atoms with Crippen molar-refractivity contribution in [3.05, 3.63) is 23.9 Å². The van der Waals surface area contributed by atoms with Crippen molar-refractivity contribution < 1.29 is 9.84 Å². The fourth-order valence-electron chi connectivity index (χ4n) is 2.31. The van der Waals surface area contributed by atoms with Gasteiger partial charge in [-0.05, 0) is 43.4 Å². The van der Waals surface area contributed by atoms with Crippen LogP contribution in [-0.4, -0.2) is 36.9 Å². The van der Waals surface area contributed by atoms with Crippen molar-refractivity contribution >= 4 is 5.82 Å². The Kier molecular flexibility index (Phi) is 4.55. The minimum atomic E-state index is -0.441. The van der Waals surface area contributed by atoms with Gasteiger partial charge in [0.05, 0.1) is 6.10 Å². The van der Waals surface area contributed by atoms with Crippen molar-refractivity contribution in [2.45, 2.75) is 25.9 Å². The predicted octanol–water partition coefficient (Wildman–Crippen LogP) is 2.00. The van der Waals surface area contributed by atoms with Crippen molar-refractivity contribution in [1.82, 2.24) is 4.98 Å². The summed E-state index contributed by atoms with van der Waals surface area (Å²) in [6, 6.07) is 3.82. The van der Waals surface area contributed by atoms with Crippen molar-refractivity contribution in [2.24, 2.45) is 5.92 Å². The van der Waals surface area contributed by atoms with E-state index in [9.17, 15) is 5.11 Å². The highest BCUT2D eigenvalue weighted by Gasteiger charge is 2.16. The highest BCUT2D eigenvalue weighted by atomic mass is 16.5. The number of ether oxygens (including phenoxy) is 1. The number of hydrogen-bond acceptors (Lipinski definition) is 4. The van der Waals surface area contributed by atoms with Crippen LogP contribution in [0.5, 0.6) is 0 Å². The summed E-state index contributed by atoms with van der Waals surface area (Å²) >= 11 is 0. The first kappa shape index (κ1) is 13.3. The topological polar surface area (TPSA) is 45.6 Å². The Morgan fingerprint density at radius 2 is 2.22 bits per heavy atom. The van der Waals surface area contributed by atoms with Gasteiger partial charge in [0.2, 0.25) is 0 Å². The number of pyridine rings is 1. The molecule has 1 aliphatic rings. The lowest BCUT2D eigenvalue weighted by Gasteiger charge is -2.28. The van der Waals surface area contributed by atoms with E-state index < -0.39 is 6.10 Å². The van der Waals surface area contributed by atoms with Gasteiger partial charge in [-0.2, -0.15) is 0 Å². The molecule has 4 heteroatoms. The van der Waals surface area contributed by atoms with E-state index in [2.05, 4.69) is 16.9 Å². The maximum absolute atomic E-state index is 9.59. The van der Waals surface area contributed by atoms with Gasteiger partial charge in [0.15, 0.2) is 0 Å². The maximum atomic E-state index is 9.59. The number of aliphatic hydroxyl groups excluding tert-OH is 1. The molecule has 1 N–H and O–H groups in total. The van der Waals surface area contributed by atoms with Gasteiger partial charge in [0.1, 0.15) is 5.82 Å². The molecule has 0 unspecified atom stereocenters. The molecule has 0 aromatic carbocycles. The molecule has 0 spiro atoms. The van der Waals surface area contributed by atoms with Crippen LogP contribution in [0.3, 0.4) is 0 Å². The molecule has 100 valence electrons. The summed E-state index contributed by atoms with van der Waals surface area (Å²) in [5.74, 6) is 1.61. The minimum Gasteiger partial charge on any atom is -0.389 e. The zero-order valence-electron chi connectivity index (χ0n) is 11.2. The third-order valence-electron chi connectivity index (χ3n) is 3.52. The van der Waals surface area contributed by atoms with Crippen LogP contribution >= 0.6 is 0 Å². The third kappa shape index (κ3) is 3.43. The average Bonchev–Trinajstić information content (AvgIpc) is 2.40. The van der Waals surface area contributed by atoms with E-state index in [0.717, 1.165) is 44.0 Å². The fraction of sp³-hybridized carbons (Fsp3) is 0.643. The van der Waals surface area contributed by atoms with Crippen LogP contribution in [0.4, 0.5) is 5.82 Å². The van der Waals surface area contributed by atoms with Crippen LogP contribution < -0.4 is 4.90 Å². The summed E-state index contributed by atoms with van der Waals surface area (Å²) in [5.41, 5.74) is 0.916. The van der Waals surface area contributed by atoms with Crippen LogP contribution in [0, 0.1) is 5.92 Å². The Morgan fingerprint density at radius 3 is 2.89 bits per heavy atom. The van der Waals surface area contributed by atoms with Crippen molar-refractivity contribution in [1.29, 1.82) is 0 Å². The van der Waals surface area contributed by atoms with Crippen molar-refractivity contribution in [3.63, 3.8) is 0 Å². The molecule has 0 bridgehead atoms. The largest absolute Gasteiger partial charge is 0.389 e. The number of aliphatic hydroxyl groups is 1. The van der Waals surface area contributed by atoms with Crippen LogP contribution in [0.1, 0.15) is 31.4 Å². The van der Waals surface area contributed by atoms with Gasteiger partial charge in [0, 0.05) is 33.0 Å². The van der Waals surface area contributed by atoms with E-state index in [1.54, 1.807) is 13.1 Å². The van der Waals surface area contributed by atoms with E-state index >= 15 is 0 Å². The Bertz CT molecular complexity index is 376. The van der Waals surface area contributed by atoms with Crippen LogP contribution in [0.15, 0.2) is 18.3 Å². The zero-order valence-corrected chi connectivity index (χ0v) is 11.2. The minimum absolute atomic E-state index is 0.441. The second-order valence-corrected chi connectivity index (χ2v) is 5.06.